The Morgan fingerprint density at radius 1 is 1.35 bits per heavy atom. The Balaban J connectivity index is 2.16. The molecule has 2 rings (SSSR count). The Labute approximate surface area is 104 Å². The number of likely N-dealkylation sites (N-methyl/N-ethyl adjacent to an activating group) is 1. The van der Waals surface area contributed by atoms with Crippen LogP contribution in [0.5, 0.6) is 5.75 Å². The zero-order valence-corrected chi connectivity index (χ0v) is 10.8. The molecule has 0 aromatic carbocycles. The van der Waals surface area contributed by atoms with E-state index < -0.39 is 0 Å². The van der Waals surface area contributed by atoms with E-state index in [0.29, 0.717) is 18.6 Å². The molecule has 1 saturated carbocycles. The molecule has 0 saturated heterocycles. The van der Waals surface area contributed by atoms with Crippen molar-refractivity contribution >= 4 is 0 Å². The van der Waals surface area contributed by atoms with Gasteiger partial charge in [-0.3, -0.25) is 4.98 Å². The molecule has 0 radical (unpaired) electrons. The Bertz CT molecular complexity index is 354. The molecule has 3 heteroatoms. The number of rotatable bonds is 4. The van der Waals surface area contributed by atoms with E-state index in [0.717, 1.165) is 5.75 Å². The summed E-state index contributed by atoms with van der Waals surface area (Å²) < 4.78 is 5.52. The van der Waals surface area contributed by atoms with Crippen molar-refractivity contribution in [1.29, 1.82) is 0 Å². The number of hydrogen-bond donors (Lipinski definition) is 1. The van der Waals surface area contributed by atoms with Crippen LogP contribution in [0.3, 0.4) is 0 Å². The lowest BCUT2D eigenvalue weighted by Gasteiger charge is -2.31. The standard InChI is InChI=1S/C14H22N2O/c1-3-17-12-8-11(9-16-10-12)13-6-4-5-7-14(13)15-2/h8-10,13-15H,3-7H2,1-2H3. The first-order valence-electron chi connectivity index (χ1n) is 6.60. The molecule has 2 unspecified atom stereocenters. The van der Waals surface area contributed by atoms with E-state index >= 15 is 0 Å². The smallest absolute Gasteiger partial charge is 0.137 e. The maximum Gasteiger partial charge on any atom is 0.137 e. The highest BCUT2D eigenvalue weighted by Crippen LogP contribution is 2.33. The zero-order valence-electron chi connectivity index (χ0n) is 10.8. The van der Waals surface area contributed by atoms with Gasteiger partial charge in [-0.1, -0.05) is 12.8 Å². The Kier molecular flexibility index (Phi) is 4.37. The molecule has 1 aliphatic rings. The van der Waals surface area contributed by atoms with Gasteiger partial charge in [0.1, 0.15) is 5.75 Å². The molecular weight excluding hydrogens is 212 g/mol. The van der Waals surface area contributed by atoms with Crippen molar-refractivity contribution in [2.45, 2.75) is 44.6 Å². The first kappa shape index (κ1) is 12.4. The number of hydrogen-bond acceptors (Lipinski definition) is 3. The van der Waals surface area contributed by atoms with Gasteiger partial charge in [-0.2, -0.15) is 0 Å². The summed E-state index contributed by atoms with van der Waals surface area (Å²) in [7, 11) is 2.06. The summed E-state index contributed by atoms with van der Waals surface area (Å²) >= 11 is 0. The topological polar surface area (TPSA) is 34.1 Å². The highest BCUT2D eigenvalue weighted by atomic mass is 16.5. The van der Waals surface area contributed by atoms with Gasteiger partial charge >= 0.3 is 0 Å². The lowest BCUT2D eigenvalue weighted by Crippen LogP contribution is -2.34. The van der Waals surface area contributed by atoms with Gasteiger partial charge in [-0.15, -0.1) is 0 Å². The van der Waals surface area contributed by atoms with Crippen LogP contribution in [-0.2, 0) is 0 Å². The summed E-state index contributed by atoms with van der Waals surface area (Å²) in [5.74, 6) is 1.48. The molecule has 0 spiro atoms. The minimum Gasteiger partial charge on any atom is -0.492 e. The van der Waals surface area contributed by atoms with Crippen molar-refractivity contribution in [3.8, 4) is 5.75 Å². The molecule has 17 heavy (non-hydrogen) atoms. The van der Waals surface area contributed by atoms with E-state index in [1.807, 2.05) is 13.1 Å². The van der Waals surface area contributed by atoms with Crippen LogP contribution in [0.15, 0.2) is 18.5 Å². The number of pyridine rings is 1. The van der Waals surface area contributed by atoms with Crippen LogP contribution >= 0.6 is 0 Å². The average Bonchev–Trinajstić information content (AvgIpc) is 2.39. The second-order valence-electron chi connectivity index (χ2n) is 4.67. The summed E-state index contributed by atoms with van der Waals surface area (Å²) in [4.78, 5) is 4.29. The van der Waals surface area contributed by atoms with Gasteiger partial charge in [-0.05, 0) is 38.4 Å². The van der Waals surface area contributed by atoms with Crippen molar-refractivity contribution in [2.24, 2.45) is 0 Å². The van der Waals surface area contributed by atoms with E-state index in [1.54, 1.807) is 6.20 Å². The summed E-state index contributed by atoms with van der Waals surface area (Å²) in [5.41, 5.74) is 1.31. The molecule has 0 bridgehead atoms. The molecule has 1 aliphatic carbocycles. The van der Waals surface area contributed by atoms with Gasteiger partial charge < -0.3 is 10.1 Å². The summed E-state index contributed by atoms with van der Waals surface area (Å²) in [6.45, 7) is 2.70. The third kappa shape index (κ3) is 2.97. The highest BCUT2D eigenvalue weighted by Gasteiger charge is 2.25. The highest BCUT2D eigenvalue weighted by molar-refractivity contribution is 5.27. The van der Waals surface area contributed by atoms with Gasteiger partial charge in [0.05, 0.1) is 12.8 Å². The largest absolute Gasteiger partial charge is 0.492 e. The second-order valence-corrected chi connectivity index (χ2v) is 4.67. The molecule has 1 fully saturated rings. The monoisotopic (exact) mass is 234 g/mol. The van der Waals surface area contributed by atoms with Crippen molar-refractivity contribution in [2.75, 3.05) is 13.7 Å². The molecule has 1 N–H and O–H groups in total. The van der Waals surface area contributed by atoms with Crippen LogP contribution in [0.1, 0.15) is 44.1 Å². The van der Waals surface area contributed by atoms with Crippen LogP contribution in [0.2, 0.25) is 0 Å². The van der Waals surface area contributed by atoms with Gasteiger partial charge in [-0.25, -0.2) is 0 Å². The first-order chi connectivity index (χ1) is 8.35. The van der Waals surface area contributed by atoms with Crippen LogP contribution in [0.4, 0.5) is 0 Å². The fourth-order valence-electron chi connectivity index (χ4n) is 2.76. The zero-order chi connectivity index (χ0) is 12.1. The van der Waals surface area contributed by atoms with Crippen LogP contribution in [-0.4, -0.2) is 24.7 Å². The van der Waals surface area contributed by atoms with Crippen molar-refractivity contribution < 1.29 is 4.74 Å². The second kappa shape index (κ2) is 6.01. The van der Waals surface area contributed by atoms with E-state index in [1.165, 1.54) is 31.2 Å². The molecule has 0 amide bonds. The Morgan fingerprint density at radius 3 is 2.94 bits per heavy atom. The molecule has 0 aliphatic heterocycles. The third-order valence-electron chi connectivity index (χ3n) is 3.61. The van der Waals surface area contributed by atoms with E-state index in [2.05, 4.69) is 23.4 Å². The molecule has 2 atom stereocenters. The number of ether oxygens (including phenoxy) is 1. The summed E-state index contributed by atoms with van der Waals surface area (Å²) in [5, 5.41) is 3.44. The minimum atomic E-state index is 0.585. The Morgan fingerprint density at radius 2 is 2.18 bits per heavy atom. The van der Waals surface area contributed by atoms with Crippen molar-refractivity contribution in [3.05, 3.63) is 24.0 Å². The van der Waals surface area contributed by atoms with Crippen LogP contribution < -0.4 is 10.1 Å². The fraction of sp³-hybridized carbons (Fsp3) is 0.643. The first-order valence-corrected chi connectivity index (χ1v) is 6.60. The quantitative estimate of drug-likeness (QED) is 0.869. The fourth-order valence-corrected chi connectivity index (χ4v) is 2.76. The lowest BCUT2D eigenvalue weighted by molar-refractivity contribution is 0.330. The summed E-state index contributed by atoms with van der Waals surface area (Å²) in [6.07, 6.45) is 8.96. The molecule has 3 nitrogen and oxygen atoms in total. The number of nitrogens with zero attached hydrogens (tertiary/aromatic N) is 1. The summed E-state index contributed by atoms with van der Waals surface area (Å²) in [6, 6.07) is 2.74. The van der Waals surface area contributed by atoms with Crippen molar-refractivity contribution in [3.63, 3.8) is 0 Å². The van der Waals surface area contributed by atoms with E-state index in [9.17, 15) is 0 Å². The maximum absolute atomic E-state index is 5.52. The average molecular weight is 234 g/mol. The van der Waals surface area contributed by atoms with Crippen molar-refractivity contribution in [1.82, 2.24) is 10.3 Å². The normalized spacial score (nSPS) is 24.6. The van der Waals surface area contributed by atoms with Gasteiger partial charge in [0.2, 0.25) is 0 Å². The SMILES string of the molecule is CCOc1cncc(C2CCCCC2NC)c1. The minimum absolute atomic E-state index is 0.585. The predicted molar refractivity (Wildman–Crippen MR) is 69.5 cm³/mol. The molecule has 1 aromatic heterocycles. The van der Waals surface area contributed by atoms with Gasteiger partial charge in [0.25, 0.3) is 0 Å². The predicted octanol–water partition coefficient (Wildman–Crippen LogP) is 2.73. The number of nitrogens with one attached hydrogen (secondary N) is 1. The molecule has 94 valence electrons. The Hall–Kier alpha value is -1.09. The number of aromatic nitrogens is 1. The molecule has 1 aromatic rings. The third-order valence-corrected chi connectivity index (χ3v) is 3.61. The van der Waals surface area contributed by atoms with E-state index in [-0.39, 0.29) is 0 Å². The van der Waals surface area contributed by atoms with Crippen LogP contribution in [0.25, 0.3) is 0 Å². The molecule has 1 heterocycles. The maximum atomic E-state index is 5.52. The van der Waals surface area contributed by atoms with Gasteiger partial charge in [0.15, 0.2) is 0 Å². The van der Waals surface area contributed by atoms with E-state index in [4.69, 9.17) is 4.74 Å². The lowest BCUT2D eigenvalue weighted by atomic mass is 9.80. The van der Waals surface area contributed by atoms with Gasteiger partial charge in [0, 0.05) is 18.2 Å². The van der Waals surface area contributed by atoms with Crippen LogP contribution in [0, 0.1) is 0 Å². The molecular formula is C14H22N2O.